The highest BCUT2D eigenvalue weighted by Gasteiger charge is 2.41. The van der Waals surface area contributed by atoms with Crippen molar-refractivity contribution in [2.75, 3.05) is 19.1 Å². The van der Waals surface area contributed by atoms with Gasteiger partial charge in [-0.25, -0.2) is 0 Å². The van der Waals surface area contributed by atoms with Gasteiger partial charge in [-0.2, -0.15) is 0 Å². The fourth-order valence-electron chi connectivity index (χ4n) is 4.90. The van der Waals surface area contributed by atoms with Crippen LogP contribution in [0.15, 0.2) is 66.9 Å². The minimum Gasteiger partial charge on any atom is -0.493 e. The van der Waals surface area contributed by atoms with Gasteiger partial charge in [0.05, 0.1) is 32.7 Å². The largest absolute Gasteiger partial charge is 0.493 e. The molecule has 1 saturated heterocycles. The monoisotopic (exact) mass is 499 g/mol. The van der Waals surface area contributed by atoms with Crippen molar-refractivity contribution in [1.29, 1.82) is 0 Å². The third-order valence-electron chi connectivity index (χ3n) is 6.80. The lowest BCUT2D eigenvalue weighted by atomic mass is 9.83. The maximum absolute atomic E-state index is 13.7. The van der Waals surface area contributed by atoms with Gasteiger partial charge in [-0.05, 0) is 55.3 Å². The zero-order chi connectivity index (χ0) is 25.9. The van der Waals surface area contributed by atoms with Gasteiger partial charge in [0.2, 0.25) is 11.8 Å². The number of nitrogens with zero attached hydrogens (tertiary/aromatic N) is 4. The normalized spacial score (nSPS) is 17.6. The summed E-state index contributed by atoms with van der Waals surface area (Å²) in [6.45, 7) is 2.22. The van der Waals surface area contributed by atoms with Crippen molar-refractivity contribution >= 4 is 23.1 Å². The number of ether oxygens (including phenoxy) is 2. The molecule has 0 saturated carbocycles. The molecule has 0 spiro atoms. The third-order valence-corrected chi connectivity index (χ3v) is 6.80. The molecule has 0 aliphatic carbocycles. The highest BCUT2D eigenvalue weighted by atomic mass is 16.5. The van der Waals surface area contributed by atoms with Crippen molar-refractivity contribution < 1.29 is 19.1 Å². The van der Waals surface area contributed by atoms with Crippen LogP contribution >= 0.6 is 0 Å². The van der Waals surface area contributed by atoms with Crippen LogP contribution < -0.4 is 19.7 Å². The van der Waals surface area contributed by atoms with Crippen LogP contribution in [0.2, 0.25) is 0 Å². The van der Waals surface area contributed by atoms with Crippen LogP contribution in [0.3, 0.4) is 0 Å². The number of pyridine rings is 1. The Morgan fingerprint density at radius 1 is 1.03 bits per heavy atom. The van der Waals surface area contributed by atoms with Gasteiger partial charge in [0.1, 0.15) is 0 Å². The summed E-state index contributed by atoms with van der Waals surface area (Å²) in [5.41, 5.74) is 3.34. The molecule has 9 nitrogen and oxygen atoms in total. The Bertz CT molecular complexity index is 1430. The van der Waals surface area contributed by atoms with Crippen molar-refractivity contribution in [2.45, 2.75) is 32.4 Å². The zero-order valence-electron chi connectivity index (χ0n) is 21.0. The van der Waals surface area contributed by atoms with Crippen LogP contribution in [0.1, 0.15) is 35.8 Å². The molecule has 2 unspecified atom stereocenters. The number of hydrogen-bond acceptors (Lipinski definition) is 6. The first-order valence-corrected chi connectivity index (χ1v) is 12.2. The topological polar surface area (TPSA) is 98.1 Å². The number of anilines is 1. The van der Waals surface area contributed by atoms with Crippen LogP contribution in [0.4, 0.5) is 5.69 Å². The van der Waals surface area contributed by atoms with E-state index >= 15 is 0 Å². The molecule has 2 amide bonds. The van der Waals surface area contributed by atoms with E-state index in [1.807, 2.05) is 72.1 Å². The molecule has 190 valence electrons. The van der Waals surface area contributed by atoms with Crippen LogP contribution in [-0.2, 0) is 16.1 Å². The molecule has 2 aromatic heterocycles. The van der Waals surface area contributed by atoms with Crippen LogP contribution in [0.5, 0.6) is 11.5 Å². The standard InChI is InChI=1S/C28H29N5O4/c1-18-7-10-20(11-8-18)33-26(34)14-12-21(27(33)19-9-13-22(36-2)23(16-19)37-3)28(35)29-17-25-31-30-24-6-4-5-15-32(24)25/h4-11,13,15-16,21,27H,12,14,17H2,1-3H3,(H,29,35). The van der Waals surface area contributed by atoms with Gasteiger partial charge in [-0.3, -0.25) is 14.0 Å². The molecule has 2 atom stereocenters. The lowest BCUT2D eigenvalue weighted by Crippen LogP contribution is -2.48. The number of rotatable bonds is 7. The van der Waals surface area contributed by atoms with Gasteiger partial charge in [0.15, 0.2) is 23.0 Å². The first-order valence-electron chi connectivity index (χ1n) is 12.2. The van der Waals surface area contributed by atoms with Crippen molar-refractivity contribution in [3.63, 3.8) is 0 Å². The van der Waals surface area contributed by atoms with Gasteiger partial charge in [0, 0.05) is 18.3 Å². The number of benzene rings is 2. The summed E-state index contributed by atoms with van der Waals surface area (Å²) < 4.78 is 12.8. The minimum absolute atomic E-state index is 0.0314. The van der Waals surface area contributed by atoms with E-state index in [9.17, 15) is 9.59 Å². The predicted octanol–water partition coefficient (Wildman–Crippen LogP) is 3.86. The summed E-state index contributed by atoms with van der Waals surface area (Å²) in [7, 11) is 3.14. The van der Waals surface area contributed by atoms with E-state index in [0.29, 0.717) is 29.4 Å². The smallest absolute Gasteiger partial charge is 0.227 e. The van der Waals surface area contributed by atoms with Crippen molar-refractivity contribution in [1.82, 2.24) is 19.9 Å². The SMILES string of the molecule is COc1ccc(C2C(C(=O)NCc3nnc4ccccn34)CCC(=O)N2c2ccc(C)cc2)cc1OC. The number of fused-ring (bicyclic) bond motifs is 1. The molecule has 1 aliphatic heterocycles. The Morgan fingerprint density at radius 2 is 1.81 bits per heavy atom. The molecule has 2 aromatic carbocycles. The molecule has 0 radical (unpaired) electrons. The highest BCUT2D eigenvalue weighted by molar-refractivity contribution is 5.97. The second-order valence-electron chi connectivity index (χ2n) is 9.07. The van der Waals surface area contributed by atoms with E-state index in [-0.39, 0.29) is 24.8 Å². The average Bonchev–Trinajstić information content (AvgIpc) is 3.35. The molecule has 3 heterocycles. The Hall–Kier alpha value is -4.40. The lowest BCUT2D eigenvalue weighted by molar-refractivity contribution is -0.129. The molecule has 9 heteroatoms. The highest BCUT2D eigenvalue weighted by Crippen LogP contribution is 2.42. The Morgan fingerprint density at radius 3 is 2.57 bits per heavy atom. The molecule has 5 rings (SSSR count). The fraction of sp³-hybridized carbons (Fsp3) is 0.286. The molecule has 37 heavy (non-hydrogen) atoms. The number of piperidine rings is 1. The summed E-state index contributed by atoms with van der Waals surface area (Å²) in [5, 5.41) is 11.4. The van der Waals surface area contributed by atoms with Crippen LogP contribution in [-0.4, -0.2) is 40.6 Å². The maximum atomic E-state index is 13.7. The van der Waals surface area contributed by atoms with Gasteiger partial charge < -0.3 is 19.7 Å². The third kappa shape index (κ3) is 4.72. The predicted molar refractivity (Wildman–Crippen MR) is 139 cm³/mol. The van der Waals surface area contributed by atoms with E-state index in [4.69, 9.17) is 9.47 Å². The van der Waals surface area contributed by atoms with Gasteiger partial charge in [-0.1, -0.05) is 29.8 Å². The molecule has 1 aliphatic rings. The fourth-order valence-corrected chi connectivity index (χ4v) is 4.90. The van der Waals surface area contributed by atoms with E-state index in [0.717, 1.165) is 16.8 Å². The second kappa shape index (κ2) is 10.3. The first kappa shape index (κ1) is 24.3. The summed E-state index contributed by atoms with van der Waals surface area (Å²) in [6.07, 6.45) is 2.55. The number of aryl methyl sites for hydroxylation is 1. The Labute approximate surface area is 215 Å². The number of carbonyl (C=O) groups excluding carboxylic acids is 2. The van der Waals surface area contributed by atoms with E-state index in [2.05, 4.69) is 15.5 Å². The summed E-state index contributed by atoms with van der Waals surface area (Å²) in [6, 6.07) is 18.4. The molecule has 1 fully saturated rings. The number of hydrogen-bond donors (Lipinski definition) is 1. The van der Waals surface area contributed by atoms with Gasteiger partial charge in [0.25, 0.3) is 0 Å². The molecule has 1 N–H and O–H groups in total. The number of nitrogens with one attached hydrogen (secondary N) is 1. The summed E-state index contributed by atoms with van der Waals surface area (Å²) in [4.78, 5) is 28.7. The Kier molecular flexibility index (Phi) is 6.76. The van der Waals surface area contributed by atoms with E-state index < -0.39 is 12.0 Å². The van der Waals surface area contributed by atoms with Crippen LogP contribution in [0.25, 0.3) is 5.65 Å². The van der Waals surface area contributed by atoms with Crippen molar-refractivity contribution in [3.05, 3.63) is 83.8 Å². The summed E-state index contributed by atoms with van der Waals surface area (Å²) >= 11 is 0. The second-order valence-corrected chi connectivity index (χ2v) is 9.07. The van der Waals surface area contributed by atoms with E-state index in [1.165, 1.54) is 0 Å². The number of methoxy groups -OCH3 is 2. The Balaban J connectivity index is 1.50. The lowest BCUT2D eigenvalue weighted by Gasteiger charge is -2.41. The maximum Gasteiger partial charge on any atom is 0.227 e. The van der Waals surface area contributed by atoms with Crippen molar-refractivity contribution in [2.24, 2.45) is 5.92 Å². The van der Waals surface area contributed by atoms with E-state index in [1.54, 1.807) is 25.2 Å². The minimum atomic E-state index is -0.529. The molecule has 4 aromatic rings. The molecule has 0 bridgehead atoms. The first-order chi connectivity index (χ1) is 18.0. The van der Waals surface area contributed by atoms with Gasteiger partial charge >= 0.3 is 0 Å². The average molecular weight is 500 g/mol. The zero-order valence-corrected chi connectivity index (χ0v) is 21.0. The quantitative estimate of drug-likeness (QED) is 0.415. The number of aromatic nitrogens is 3. The van der Waals surface area contributed by atoms with Crippen molar-refractivity contribution in [3.8, 4) is 11.5 Å². The van der Waals surface area contributed by atoms with Gasteiger partial charge in [-0.15, -0.1) is 10.2 Å². The molecular weight excluding hydrogens is 470 g/mol. The summed E-state index contributed by atoms with van der Waals surface area (Å²) in [5.74, 6) is 1.07. The number of carbonyl (C=O) groups is 2. The number of amides is 2. The van der Waals surface area contributed by atoms with Crippen LogP contribution in [0, 0.1) is 12.8 Å². The molecular formula is C28H29N5O4.